The number of hydrogen-bond acceptors (Lipinski definition) is 4. The van der Waals surface area contributed by atoms with Gasteiger partial charge in [-0.1, -0.05) is 48.2 Å². The van der Waals surface area contributed by atoms with Crippen LogP contribution in [0.1, 0.15) is 11.3 Å². The lowest BCUT2D eigenvalue weighted by atomic mass is 10.2. The van der Waals surface area contributed by atoms with Crippen LogP contribution < -0.4 is 0 Å². The van der Waals surface area contributed by atoms with Gasteiger partial charge in [-0.25, -0.2) is 9.78 Å². The van der Waals surface area contributed by atoms with Gasteiger partial charge in [-0.3, -0.25) is 0 Å². The van der Waals surface area contributed by atoms with Crippen LogP contribution in [0.15, 0.2) is 40.5 Å². The predicted octanol–water partition coefficient (Wildman–Crippen LogP) is 3.28. The van der Waals surface area contributed by atoms with E-state index in [2.05, 4.69) is 9.98 Å². The largest absolute Gasteiger partial charge is 0.321 e. The molecular formula is C14H13N3OS. The van der Waals surface area contributed by atoms with Gasteiger partial charge in [0.05, 0.1) is 5.69 Å². The highest BCUT2D eigenvalue weighted by Crippen LogP contribution is 2.25. The number of benzene rings is 1. The fraction of sp³-hybridized carbons (Fsp3) is 0.143. The van der Waals surface area contributed by atoms with Crippen molar-refractivity contribution in [3.8, 4) is 0 Å². The van der Waals surface area contributed by atoms with E-state index >= 15 is 0 Å². The molecule has 0 aliphatic carbocycles. The van der Waals surface area contributed by atoms with Crippen LogP contribution in [0.3, 0.4) is 0 Å². The number of thioether (sulfide) groups is 1. The summed E-state index contributed by atoms with van der Waals surface area (Å²) < 4.78 is 1.90. The van der Waals surface area contributed by atoms with Crippen LogP contribution in [0.2, 0.25) is 0 Å². The van der Waals surface area contributed by atoms with Gasteiger partial charge in [-0.05, 0) is 17.9 Å². The summed E-state index contributed by atoms with van der Waals surface area (Å²) in [4.78, 5) is 18.4. The molecule has 1 aromatic carbocycles. The molecule has 1 heterocycles. The molecule has 2 aromatic rings. The van der Waals surface area contributed by atoms with Crippen LogP contribution in [0, 0.1) is 0 Å². The van der Waals surface area contributed by atoms with E-state index < -0.39 is 0 Å². The minimum absolute atomic E-state index is 0.397. The molecule has 0 spiro atoms. The molecule has 0 saturated heterocycles. The number of carbonyl (C=O) groups excluding carboxylic acids is 1. The molecule has 4 nitrogen and oxygen atoms in total. The quantitative estimate of drug-likeness (QED) is 0.487. The molecule has 0 radical (unpaired) electrons. The Hall–Kier alpha value is -2.10. The SMILES string of the molecule is CSc1nc(N=C=O)c(/C=C/c2ccccc2)n1C. The molecule has 5 heteroatoms. The van der Waals surface area contributed by atoms with Crippen molar-refractivity contribution in [1.29, 1.82) is 0 Å². The number of aromatic nitrogens is 2. The standard InChI is InChI=1S/C14H13N3OS/c1-17-12(9-8-11-6-4-3-5-7-11)13(15-10-18)16-14(17)19-2/h3-9H,1-2H3/b9-8+. The Morgan fingerprint density at radius 2 is 2.05 bits per heavy atom. The van der Waals surface area contributed by atoms with E-state index in [1.807, 2.05) is 60.4 Å². The monoisotopic (exact) mass is 271 g/mol. The lowest BCUT2D eigenvalue weighted by Crippen LogP contribution is -1.92. The zero-order valence-electron chi connectivity index (χ0n) is 10.7. The molecule has 0 aliphatic heterocycles. The Balaban J connectivity index is 2.41. The number of imidazole rings is 1. The first kappa shape index (κ1) is 13.3. The summed E-state index contributed by atoms with van der Waals surface area (Å²) in [5.41, 5.74) is 1.87. The first-order valence-corrected chi connectivity index (χ1v) is 6.90. The molecule has 0 amide bonds. The highest BCUT2D eigenvalue weighted by Gasteiger charge is 2.11. The molecule has 0 unspecified atom stereocenters. The smallest absolute Gasteiger partial charge is 0.242 e. The van der Waals surface area contributed by atoms with Crippen molar-refractivity contribution < 1.29 is 4.79 Å². The van der Waals surface area contributed by atoms with Gasteiger partial charge in [-0.15, -0.1) is 4.99 Å². The van der Waals surface area contributed by atoms with Crippen LogP contribution in [0.4, 0.5) is 5.82 Å². The van der Waals surface area contributed by atoms with Crippen LogP contribution in [0.5, 0.6) is 0 Å². The number of nitrogens with zero attached hydrogens (tertiary/aromatic N) is 3. The lowest BCUT2D eigenvalue weighted by molar-refractivity contribution is 0.565. The molecule has 0 aliphatic rings. The van der Waals surface area contributed by atoms with E-state index in [4.69, 9.17) is 0 Å². The summed E-state index contributed by atoms with van der Waals surface area (Å²) in [6.45, 7) is 0. The third-order valence-corrected chi connectivity index (χ3v) is 3.38. The van der Waals surface area contributed by atoms with Gasteiger partial charge in [0.1, 0.15) is 0 Å². The average Bonchev–Trinajstić information content (AvgIpc) is 2.74. The fourth-order valence-electron chi connectivity index (χ4n) is 1.71. The molecule has 0 N–H and O–H groups in total. The minimum atomic E-state index is 0.397. The Kier molecular flexibility index (Phi) is 4.34. The van der Waals surface area contributed by atoms with Gasteiger partial charge in [-0.2, -0.15) is 0 Å². The van der Waals surface area contributed by atoms with E-state index in [9.17, 15) is 4.79 Å². The first-order chi connectivity index (χ1) is 9.26. The van der Waals surface area contributed by atoms with Gasteiger partial charge >= 0.3 is 0 Å². The number of rotatable bonds is 4. The summed E-state index contributed by atoms with van der Waals surface area (Å²) in [5, 5.41) is 0.807. The lowest BCUT2D eigenvalue weighted by Gasteiger charge is -1.99. The number of hydrogen-bond donors (Lipinski definition) is 0. The third kappa shape index (κ3) is 3.02. The summed E-state index contributed by atoms with van der Waals surface area (Å²) >= 11 is 1.51. The summed E-state index contributed by atoms with van der Waals surface area (Å²) in [6.07, 6.45) is 7.34. The maximum Gasteiger partial charge on any atom is 0.242 e. The molecule has 19 heavy (non-hydrogen) atoms. The second-order valence-corrected chi connectivity index (χ2v) is 4.59. The van der Waals surface area contributed by atoms with Gasteiger partial charge < -0.3 is 4.57 Å². The molecule has 0 saturated carbocycles. The Morgan fingerprint density at radius 1 is 1.32 bits per heavy atom. The van der Waals surface area contributed by atoms with Gasteiger partial charge in [0.25, 0.3) is 0 Å². The summed E-state index contributed by atoms with van der Waals surface area (Å²) in [6, 6.07) is 9.92. The number of isocyanates is 1. The van der Waals surface area contributed by atoms with E-state index in [0.29, 0.717) is 5.82 Å². The molecule has 0 atom stereocenters. The molecule has 0 bridgehead atoms. The highest BCUT2D eigenvalue weighted by atomic mass is 32.2. The second-order valence-electron chi connectivity index (χ2n) is 3.81. The van der Waals surface area contributed by atoms with Gasteiger partial charge in [0.15, 0.2) is 11.0 Å². The zero-order chi connectivity index (χ0) is 13.7. The van der Waals surface area contributed by atoms with Crippen LogP contribution in [-0.4, -0.2) is 21.9 Å². The molecule has 1 aromatic heterocycles. The number of aliphatic imine (C=N–C) groups is 1. The fourth-order valence-corrected chi connectivity index (χ4v) is 2.26. The van der Waals surface area contributed by atoms with Crippen molar-refractivity contribution in [2.45, 2.75) is 5.16 Å². The molecule has 0 fully saturated rings. The van der Waals surface area contributed by atoms with Crippen molar-refractivity contribution >= 4 is 35.8 Å². The summed E-state index contributed by atoms with van der Waals surface area (Å²) in [5.74, 6) is 0.397. The van der Waals surface area contributed by atoms with Crippen LogP contribution in [-0.2, 0) is 11.8 Å². The van der Waals surface area contributed by atoms with Gasteiger partial charge in [0, 0.05) is 7.05 Å². The molecule has 2 rings (SSSR count). The average molecular weight is 271 g/mol. The van der Waals surface area contributed by atoms with E-state index in [1.165, 1.54) is 11.8 Å². The normalized spacial score (nSPS) is 10.6. The molecular weight excluding hydrogens is 258 g/mol. The van der Waals surface area contributed by atoms with Crippen LogP contribution in [0.25, 0.3) is 12.2 Å². The van der Waals surface area contributed by atoms with Crippen molar-refractivity contribution in [2.75, 3.05) is 6.26 Å². The maximum absolute atomic E-state index is 10.4. The highest BCUT2D eigenvalue weighted by molar-refractivity contribution is 7.98. The van der Waals surface area contributed by atoms with E-state index in [1.54, 1.807) is 6.08 Å². The zero-order valence-corrected chi connectivity index (χ0v) is 11.5. The minimum Gasteiger partial charge on any atom is -0.321 e. The molecule has 96 valence electrons. The van der Waals surface area contributed by atoms with E-state index in [0.717, 1.165) is 16.4 Å². The van der Waals surface area contributed by atoms with Crippen LogP contribution >= 0.6 is 11.8 Å². The second kappa shape index (κ2) is 6.18. The topological polar surface area (TPSA) is 47.2 Å². The predicted molar refractivity (Wildman–Crippen MR) is 78.1 cm³/mol. The Labute approximate surface area is 115 Å². The maximum atomic E-state index is 10.4. The summed E-state index contributed by atoms with van der Waals surface area (Å²) in [7, 11) is 1.90. The van der Waals surface area contributed by atoms with Crippen molar-refractivity contribution in [3.05, 3.63) is 41.6 Å². The van der Waals surface area contributed by atoms with Crippen molar-refractivity contribution in [3.63, 3.8) is 0 Å². The van der Waals surface area contributed by atoms with Crippen molar-refractivity contribution in [2.24, 2.45) is 12.0 Å². The Bertz CT molecular complexity index is 640. The first-order valence-electron chi connectivity index (χ1n) is 5.68. The Morgan fingerprint density at radius 3 is 2.68 bits per heavy atom. The van der Waals surface area contributed by atoms with Crippen molar-refractivity contribution in [1.82, 2.24) is 9.55 Å². The van der Waals surface area contributed by atoms with E-state index in [-0.39, 0.29) is 0 Å². The van der Waals surface area contributed by atoms with Gasteiger partial charge in [0.2, 0.25) is 6.08 Å². The third-order valence-electron chi connectivity index (χ3n) is 2.65.